The van der Waals surface area contributed by atoms with Gasteiger partial charge in [-0.25, -0.2) is 0 Å². The number of nitrogens with two attached hydrogens (primary N) is 1. The van der Waals surface area contributed by atoms with Crippen molar-refractivity contribution in [1.29, 1.82) is 0 Å². The first-order chi connectivity index (χ1) is 4.70. The van der Waals surface area contributed by atoms with Gasteiger partial charge in [0.05, 0.1) is 6.61 Å². The molecule has 2 atom stereocenters. The van der Waals surface area contributed by atoms with E-state index in [0.717, 1.165) is 6.42 Å². The van der Waals surface area contributed by atoms with Gasteiger partial charge < -0.3 is 10.8 Å². The van der Waals surface area contributed by atoms with Gasteiger partial charge in [-0.2, -0.15) is 0 Å². The van der Waals surface area contributed by atoms with Crippen molar-refractivity contribution in [2.75, 3.05) is 18.1 Å². The van der Waals surface area contributed by atoms with Crippen LogP contribution in [-0.4, -0.2) is 33.5 Å². The summed E-state index contributed by atoms with van der Waals surface area (Å²) in [5.41, 5.74) is 5.53. The molecule has 0 aliphatic heterocycles. The Morgan fingerprint density at radius 1 is 1.70 bits per heavy atom. The van der Waals surface area contributed by atoms with Crippen LogP contribution < -0.4 is 5.73 Å². The average molecular weight is 165 g/mol. The van der Waals surface area contributed by atoms with Gasteiger partial charge in [-0.05, 0) is 6.42 Å². The first kappa shape index (κ1) is 10.1. The van der Waals surface area contributed by atoms with Crippen molar-refractivity contribution < 1.29 is 9.32 Å². The Kier molecular flexibility index (Phi) is 5.87. The van der Waals surface area contributed by atoms with Crippen molar-refractivity contribution in [3.05, 3.63) is 0 Å². The van der Waals surface area contributed by atoms with E-state index in [2.05, 4.69) is 0 Å². The van der Waals surface area contributed by atoms with Crippen molar-refractivity contribution >= 4 is 10.8 Å². The lowest BCUT2D eigenvalue weighted by molar-refractivity contribution is 0.321. The molecule has 0 fully saturated rings. The van der Waals surface area contributed by atoms with Crippen molar-refractivity contribution in [3.8, 4) is 0 Å². The number of hydrogen-bond donors (Lipinski definition) is 2. The lowest BCUT2D eigenvalue weighted by Gasteiger charge is -2.06. The molecule has 0 bridgehead atoms. The van der Waals surface area contributed by atoms with E-state index in [4.69, 9.17) is 10.8 Å². The normalized spacial score (nSPS) is 16.7. The Morgan fingerprint density at radius 2 is 2.30 bits per heavy atom. The zero-order valence-corrected chi connectivity index (χ0v) is 7.06. The van der Waals surface area contributed by atoms with E-state index in [0.29, 0.717) is 11.5 Å². The highest BCUT2D eigenvalue weighted by molar-refractivity contribution is 7.85. The molecule has 0 amide bonds. The van der Waals surface area contributed by atoms with E-state index in [1.54, 1.807) is 0 Å². The van der Waals surface area contributed by atoms with Crippen LogP contribution in [0.4, 0.5) is 0 Å². The third-order valence-electron chi connectivity index (χ3n) is 1.24. The van der Waals surface area contributed by atoms with Gasteiger partial charge in [0, 0.05) is 28.3 Å². The van der Waals surface area contributed by atoms with Crippen molar-refractivity contribution in [3.63, 3.8) is 0 Å². The molecule has 3 N–H and O–H groups in total. The Bertz CT molecular complexity index is 108. The highest BCUT2D eigenvalue weighted by Crippen LogP contribution is 1.90. The van der Waals surface area contributed by atoms with Crippen molar-refractivity contribution in [2.45, 2.75) is 19.4 Å². The quantitative estimate of drug-likeness (QED) is 0.575. The Morgan fingerprint density at radius 3 is 2.70 bits per heavy atom. The van der Waals surface area contributed by atoms with Crippen LogP contribution >= 0.6 is 0 Å². The lowest BCUT2D eigenvalue weighted by Crippen LogP contribution is -2.27. The third-order valence-corrected chi connectivity index (χ3v) is 2.68. The predicted octanol–water partition coefficient (Wildman–Crippen LogP) is -0.535. The molecule has 0 aromatic rings. The molecule has 4 heteroatoms. The fourth-order valence-electron chi connectivity index (χ4n) is 0.542. The number of aliphatic hydroxyl groups is 1. The molecule has 0 saturated carbocycles. The molecule has 0 heterocycles. The van der Waals surface area contributed by atoms with Crippen LogP contribution in [-0.2, 0) is 10.8 Å². The second-order valence-corrected chi connectivity index (χ2v) is 3.82. The summed E-state index contributed by atoms with van der Waals surface area (Å²) in [7, 11) is -0.925. The molecule has 0 aromatic heterocycles. The summed E-state index contributed by atoms with van der Waals surface area (Å²) >= 11 is 0. The summed E-state index contributed by atoms with van der Waals surface area (Å²) in [6.45, 7) is 1.95. The molecular formula is C6H15NO2S. The maximum atomic E-state index is 10.9. The smallest absolute Gasteiger partial charge is 0.0546 e. The molecule has 10 heavy (non-hydrogen) atoms. The average Bonchev–Trinajstić information content (AvgIpc) is 1.88. The second-order valence-electron chi connectivity index (χ2n) is 2.20. The number of aliphatic hydroxyl groups excluding tert-OH is 1. The van der Waals surface area contributed by atoms with E-state index < -0.39 is 10.8 Å². The van der Waals surface area contributed by atoms with Crippen LogP contribution in [0.3, 0.4) is 0 Å². The van der Waals surface area contributed by atoms with Crippen molar-refractivity contribution in [2.24, 2.45) is 5.73 Å². The van der Waals surface area contributed by atoms with Crippen molar-refractivity contribution in [1.82, 2.24) is 0 Å². The Labute approximate surface area is 64.1 Å². The van der Waals surface area contributed by atoms with Crippen LogP contribution in [0.25, 0.3) is 0 Å². The van der Waals surface area contributed by atoms with E-state index in [9.17, 15) is 4.21 Å². The van der Waals surface area contributed by atoms with Gasteiger partial charge in [0.15, 0.2) is 0 Å². The molecule has 0 spiro atoms. The zero-order chi connectivity index (χ0) is 7.98. The molecule has 0 aromatic carbocycles. The molecular weight excluding hydrogens is 150 g/mol. The molecule has 0 aliphatic rings. The standard InChI is InChI=1S/C6H15NO2S/c1-2-6(7)5-10(9)4-3-8/h6,8H,2-5,7H2,1H3. The Hall–Kier alpha value is 0.0700. The van der Waals surface area contributed by atoms with Crippen LogP contribution in [0.1, 0.15) is 13.3 Å². The molecule has 3 nitrogen and oxygen atoms in total. The second kappa shape index (κ2) is 5.82. The van der Waals surface area contributed by atoms with E-state index in [1.807, 2.05) is 6.92 Å². The topological polar surface area (TPSA) is 63.3 Å². The van der Waals surface area contributed by atoms with Gasteiger partial charge in [-0.1, -0.05) is 6.92 Å². The summed E-state index contributed by atoms with van der Waals surface area (Å²) in [4.78, 5) is 0. The first-order valence-corrected chi connectivity index (χ1v) is 4.91. The predicted molar refractivity (Wildman–Crippen MR) is 43.2 cm³/mol. The van der Waals surface area contributed by atoms with Gasteiger partial charge in [0.25, 0.3) is 0 Å². The van der Waals surface area contributed by atoms with Gasteiger partial charge in [-0.15, -0.1) is 0 Å². The maximum Gasteiger partial charge on any atom is 0.0546 e. The summed E-state index contributed by atoms with van der Waals surface area (Å²) < 4.78 is 10.9. The molecule has 0 rings (SSSR count). The zero-order valence-electron chi connectivity index (χ0n) is 6.25. The summed E-state index contributed by atoms with van der Waals surface area (Å²) in [6, 6.07) is 0.0207. The third kappa shape index (κ3) is 4.90. The monoisotopic (exact) mass is 165 g/mol. The SMILES string of the molecule is CCC(N)CS(=O)CCO. The first-order valence-electron chi connectivity index (χ1n) is 3.42. The largest absolute Gasteiger partial charge is 0.395 e. The van der Waals surface area contributed by atoms with E-state index >= 15 is 0 Å². The minimum Gasteiger partial charge on any atom is -0.395 e. The van der Waals surface area contributed by atoms with Gasteiger partial charge in [-0.3, -0.25) is 4.21 Å². The van der Waals surface area contributed by atoms with Gasteiger partial charge in [0.1, 0.15) is 0 Å². The summed E-state index contributed by atoms with van der Waals surface area (Å²) in [5.74, 6) is 0.866. The van der Waals surface area contributed by atoms with Gasteiger partial charge in [0.2, 0.25) is 0 Å². The molecule has 0 aliphatic carbocycles. The molecule has 0 saturated heterocycles. The fourth-order valence-corrected chi connectivity index (χ4v) is 1.63. The summed E-state index contributed by atoms with van der Waals surface area (Å²) in [6.07, 6.45) is 0.844. The number of hydrogen-bond acceptors (Lipinski definition) is 3. The van der Waals surface area contributed by atoms with Crippen LogP contribution in [0.5, 0.6) is 0 Å². The van der Waals surface area contributed by atoms with Gasteiger partial charge >= 0.3 is 0 Å². The minimum atomic E-state index is -0.925. The van der Waals surface area contributed by atoms with Crippen LogP contribution in [0.15, 0.2) is 0 Å². The molecule has 0 radical (unpaired) electrons. The van der Waals surface area contributed by atoms with Crippen LogP contribution in [0.2, 0.25) is 0 Å². The summed E-state index contributed by atoms with van der Waals surface area (Å²) in [5, 5.41) is 8.39. The highest BCUT2D eigenvalue weighted by atomic mass is 32.2. The number of rotatable bonds is 5. The molecule has 2 unspecified atom stereocenters. The Balaban J connectivity index is 3.37. The fraction of sp³-hybridized carbons (Fsp3) is 1.00. The lowest BCUT2D eigenvalue weighted by atomic mass is 10.3. The van der Waals surface area contributed by atoms with Crippen LogP contribution in [0, 0.1) is 0 Å². The van der Waals surface area contributed by atoms with E-state index in [-0.39, 0.29) is 12.6 Å². The molecule has 62 valence electrons. The van der Waals surface area contributed by atoms with E-state index in [1.165, 1.54) is 0 Å². The highest BCUT2D eigenvalue weighted by Gasteiger charge is 2.04. The minimum absolute atomic E-state index is 0.0109. The maximum absolute atomic E-state index is 10.9.